The van der Waals surface area contributed by atoms with E-state index >= 15 is 0 Å². The van der Waals surface area contributed by atoms with Crippen LogP contribution in [0, 0.1) is 5.92 Å². The summed E-state index contributed by atoms with van der Waals surface area (Å²) < 4.78 is 23.0. The minimum absolute atomic E-state index is 0.177. The molecule has 2 N–H and O–H groups in total. The molecule has 2 unspecified atom stereocenters. The molecule has 0 aromatic heterocycles. The quantitative estimate of drug-likeness (QED) is 0.718. The van der Waals surface area contributed by atoms with Crippen LogP contribution in [0.3, 0.4) is 0 Å². The van der Waals surface area contributed by atoms with Gasteiger partial charge < -0.3 is 5.73 Å². The first-order chi connectivity index (χ1) is 5.27. The Bertz CT molecular complexity index is 219. The van der Waals surface area contributed by atoms with Crippen LogP contribution < -0.4 is 5.73 Å². The lowest BCUT2D eigenvalue weighted by Crippen LogP contribution is -2.37. The zero-order valence-corrected chi connectivity index (χ0v) is 9.06. The summed E-state index contributed by atoms with van der Waals surface area (Å²) in [5.41, 5.74) is 5.52. The van der Waals surface area contributed by atoms with Gasteiger partial charge in [-0.15, -0.1) is 0 Å². The third-order valence-electron chi connectivity index (χ3n) is 1.87. The number of rotatable bonds is 4. The molecule has 0 aliphatic heterocycles. The van der Waals surface area contributed by atoms with E-state index in [4.69, 9.17) is 5.73 Å². The Hall–Kier alpha value is -0.0900. The van der Waals surface area contributed by atoms with Crippen LogP contribution in [-0.4, -0.2) is 25.5 Å². The average Bonchev–Trinajstić information content (AvgIpc) is 1.82. The van der Waals surface area contributed by atoms with E-state index in [9.17, 15) is 8.42 Å². The molecule has 0 aromatic rings. The van der Waals surface area contributed by atoms with Gasteiger partial charge >= 0.3 is 0 Å². The molecule has 3 nitrogen and oxygen atoms in total. The fourth-order valence-electron chi connectivity index (χ4n) is 0.943. The predicted molar refractivity (Wildman–Crippen MR) is 51.7 cm³/mol. The molecule has 74 valence electrons. The fraction of sp³-hybridized carbons (Fsp3) is 1.00. The van der Waals surface area contributed by atoms with Gasteiger partial charge in [0.15, 0.2) is 9.84 Å². The van der Waals surface area contributed by atoms with Gasteiger partial charge in [-0.3, -0.25) is 0 Å². The molecule has 0 aliphatic carbocycles. The average molecular weight is 193 g/mol. The lowest BCUT2D eigenvalue weighted by molar-refractivity contribution is 0.556. The van der Waals surface area contributed by atoms with E-state index in [-0.39, 0.29) is 17.7 Å². The maximum atomic E-state index is 11.5. The third kappa shape index (κ3) is 3.54. The Morgan fingerprint density at radius 1 is 1.17 bits per heavy atom. The van der Waals surface area contributed by atoms with Crippen molar-refractivity contribution in [2.45, 2.75) is 39.0 Å². The summed E-state index contributed by atoms with van der Waals surface area (Å²) in [6.45, 7) is 7.18. The molecule has 0 spiro atoms. The molecule has 0 aromatic carbocycles. The maximum absolute atomic E-state index is 11.5. The van der Waals surface area contributed by atoms with Crippen molar-refractivity contribution in [2.24, 2.45) is 11.7 Å². The van der Waals surface area contributed by atoms with Crippen molar-refractivity contribution >= 4 is 9.84 Å². The molecule has 2 atom stereocenters. The second-order valence-corrected chi connectivity index (χ2v) is 6.19. The van der Waals surface area contributed by atoms with Crippen molar-refractivity contribution < 1.29 is 8.42 Å². The monoisotopic (exact) mass is 193 g/mol. The highest BCUT2D eigenvalue weighted by molar-refractivity contribution is 7.92. The molecule has 0 bridgehead atoms. The van der Waals surface area contributed by atoms with Crippen LogP contribution in [0.15, 0.2) is 0 Å². The van der Waals surface area contributed by atoms with Crippen LogP contribution in [0.2, 0.25) is 0 Å². The molecule has 0 fully saturated rings. The summed E-state index contributed by atoms with van der Waals surface area (Å²) in [7, 11) is -2.98. The smallest absolute Gasteiger partial charge is 0.154 e. The first-order valence-electron chi connectivity index (χ1n) is 4.24. The van der Waals surface area contributed by atoms with Crippen LogP contribution in [0.5, 0.6) is 0 Å². The highest BCUT2D eigenvalue weighted by atomic mass is 32.2. The van der Waals surface area contributed by atoms with E-state index < -0.39 is 15.1 Å². The lowest BCUT2D eigenvalue weighted by Gasteiger charge is -2.17. The number of sulfone groups is 1. The van der Waals surface area contributed by atoms with Crippen LogP contribution in [-0.2, 0) is 9.84 Å². The molecular weight excluding hydrogens is 174 g/mol. The van der Waals surface area contributed by atoms with Gasteiger partial charge in [0, 0.05) is 6.04 Å². The normalized spacial score (nSPS) is 17.8. The summed E-state index contributed by atoms with van der Waals surface area (Å²) in [5, 5.41) is -0.431. The predicted octanol–water partition coefficient (Wildman–Crippen LogP) is 0.793. The van der Waals surface area contributed by atoms with Gasteiger partial charge in [-0.2, -0.15) is 0 Å². The maximum Gasteiger partial charge on any atom is 0.154 e. The van der Waals surface area contributed by atoms with E-state index in [0.29, 0.717) is 0 Å². The van der Waals surface area contributed by atoms with Gasteiger partial charge in [-0.05, 0) is 19.8 Å². The van der Waals surface area contributed by atoms with Crippen molar-refractivity contribution in [3.63, 3.8) is 0 Å². The van der Waals surface area contributed by atoms with Crippen molar-refractivity contribution in [1.82, 2.24) is 0 Å². The third-order valence-corrected chi connectivity index (χ3v) is 4.57. The molecule has 0 saturated carbocycles. The van der Waals surface area contributed by atoms with E-state index in [2.05, 4.69) is 0 Å². The summed E-state index contributed by atoms with van der Waals surface area (Å²) in [5.74, 6) is 0.409. The standard InChI is InChI=1S/C8H19NO2S/c1-6(2)5-12(10,11)8(4)7(3)9/h6-8H,5,9H2,1-4H3. The summed E-state index contributed by atoms with van der Waals surface area (Å²) >= 11 is 0. The molecular formula is C8H19NO2S. The number of hydrogen-bond donors (Lipinski definition) is 1. The molecule has 12 heavy (non-hydrogen) atoms. The molecule has 0 amide bonds. The van der Waals surface area contributed by atoms with E-state index in [1.807, 2.05) is 13.8 Å². The first-order valence-corrected chi connectivity index (χ1v) is 5.96. The summed E-state index contributed by atoms with van der Waals surface area (Å²) in [6, 6.07) is -0.284. The summed E-state index contributed by atoms with van der Waals surface area (Å²) in [4.78, 5) is 0. The molecule has 0 rings (SSSR count). The van der Waals surface area contributed by atoms with Crippen molar-refractivity contribution in [3.05, 3.63) is 0 Å². The van der Waals surface area contributed by atoms with Crippen LogP contribution >= 0.6 is 0 Å². The molecule has 0 saturated heterocycles. The van der Waals surface area contributed by atoms with Crippen LogP contribution in [0.25, 0.3) is 0 Å². The molecule has 0 radical (unpaired) electrons. The van der Waals surface area contributed by atoms with Gasteiger partial charge in [-0.1, -0.05) is 13.8 Å². The largest absolute Gasteiger partial charge is 0.327 e. The van der Waals surface area contributed by atoms with Crippen LogP contribution in [0.4, 0.5) is 0 Å². The summed E-state index contributed by atoms with van der Waals surface area (Å²) in [6.07, 6.45) is 0. The fourth-order valence-corrected chi connectivity index (χ4v) is 2.83. The Kier molecular flexibility index (Phi) is 4.20. The van der Waals surface area contributed by atoms with E-state index in [1.165, 1.54) is 0 Å². The highest BCUT2D eigenvalue weighted by Gasteiger charge is 2.24. The molecule has 0 aliphatic rings. The molecule has 0 heterocycles. The first kappa shape index (κ1) is 11.9. The minimum atomic E-state index is -2.98. The molecule has 4 heteroatoms. The van der Waals surface area contributed by atoms with Gasteiger partial charge in [0.05, 0.1) is 11.0 Å². The van der Waals surface area contributed by atoms with Crippen molar-refractivity contribution in [1.29, 1.82) is 0 Å². The van der Waals surface area contributed by atoms with Gasteiger partial charge in [0.2, 0.25) is 0 Å². The van der Waals surface area contributed by atoms with Crippen molar-refractivity contribution in [2.75, 3.05) is 5.75 Å². The Balaban J connectivity index is 4.41. The zero-order chi connectivity index (χ0) is 9.94. The van der Waals surface area contributed by atoms with Crippen molar-refractivity contribution in [3.8, 4) is 0 Å². The van der Waals surface area contributed by atoms with E-state index in [1.54, 1.807) is 13.8 Å². The topological polar surface area (TPSA) is 60.2 Å². The SMILES string of the molecule is CC(C)CS(=O)(=O)C(C)C(C)N. The lowest BCUT2D eigenvalue weighted by atomic mass is 10.3. The Labute approximate surface area is 75.3 Å². The number of hydrogen-bond acceptors (Lipinski definition) is 3. The second kappa shape index (κ2) is 4.23. The highest BCUT2D eigenvalue weighted by Crippen LogP contribution is 2.09. The van der Waals surface area contributed by atoms with E-state index in [0.717, 1.165) is 0 Å². The number of nitrogens with two attached hydrogens (primary N) is 1. The van der Waals surface area contributed by atoms with Gasteiger partial charge in [0.1, 0.15) is 0 Å². The zero-order valence-electron chi connectivity index (χ0n) is 8.24. The van der Waals surface area contributed by atoms with Gasteiger partial charge in [-0.25, -0.2) is 8.42 Å². The second-order valence-electron chi connectivity index (χ2n) is 3.79. The Morgan fingerprint density at radius 3 is 1.83 bits per heavy atom. The van der Waals surface area contributed by atoms with Gasteiger partial charge in [0.25, 0.3) is 0 Å². The minimum Gasteiger partial charge on any atom is -0.327 e. The van der Waals surface area contributed by atoms with Crippen LogP contribution in [0.1, 0.15) is 27.7 Å². The Morgan fingerprint density at radius 2 is 1.58 bits per heavy atom.